The van der Waals surface area contributed by atoms with Crippen molar-refractivity contribution in [2.75, 3.05) is 37.8 Å². The van der Waals surface area contributed by atoms with Gasteiger partial charge in [0.25, 0.3) is 11.7 Å². The van der Waals surface area contributed by atoms with Crippen molar-refractivity contribution in [2.24, 2.45) is 5.73 Å². The number of carboxylic acids is 2. The van der Waals surface area contributed by atoms with E-state index in [0.717, 1.165) is 49.4 Å². The van der Waals surface area contributed by atoms with E-state index < -0.39 is 35.1 Å². The number of halogens is 6. The van der Waals surface area contributed by atoms with Crippen molar-refractivity contribution >= 4 is 39.7 Å². The number of fused-ring (bicyclic) bond motifs is 1. The molecule has 2 fully saturated rings. The number of nitrogens with zero attached hydrogens (tertiary/aromatic N) is 3. The SMILES string of the molecule is CC[n+]1c(CN)n(C[C@@H]2CCCO2)c2cc(OCC(=O)N3CCS(=O)CC3)ccc21.O=C(O)C(F)(F)F.O=C([O-])C(F)(F)F. The van der Waals surface area contributed by atoms with E-state index in [0.29, 0.717) is 36.9 Å². The number of rotatable bonds is 7. The highest BCUT2D eigenvalue weighted by Gasteiger charge is 2.38. The number of aryl methyl sites for hydroxylation is 1. The molecule has 0 saturated carbocycles. The van der Waals surface area contributed by atoms with Crippen molar-refractivity contribution in [3.63, 3.8) is 0 Å². The van der Waals surface area contributed by atoms with E-state index in [4.69, 9.17) is 35.0 Å². The zero-order chi connectivity index (χ0) is 33.2. The quantitative estimate of drug-likeness (QED) is 0.317. The number of aromatic nitrogens is 2. The molecule has 0 radical (unpaired) electrons. The van der Waals surface area contributed by atoms with E-state index in [2.05, 4.69) is 16.1 Å². The Morgan fingerprint density at radius 1 is 1.16 bits per heavy atom. The van der Waals surface area contributed by atoms with Gasteiger partial charge in [0.05, 0.1) is 19.2 Å². The van der Waals surface area contributed by atoms with Crippen LogP contribution in [0.4, 0.5) is 26.3 Å². The molecule has 2 aromatic rings. The number of ether oxygens (including phenoxy) is 2. The lowest BCUT2D eigenvalue weighted by atomic mass is 10.2. The highest BCUT2D eigenvalue weighted by atomic mass is 32.2. The van der Waals surface area contributed by atoms with E-state index >= 15 is 0 Å². The lowest BCUT2D eigenvalue weighted by molar-refractivity contribution is -0.676. The van der Waals surface area contributed by atoms with Crippen LogP contribution in [-0.2, 0) is 49.6 Å². The highest BCUT2D eigenvalue weighted by Crippen LogP contribution is 2.24. The summed E-state index contributed by atoms with van der Waals surface area (Å²) in [6.45, 7) is 6.03. The monoisotopic (exact) mass is 662 g/mol. The Morgan fingerprint density at radius 3 is 2.20 bits per heavy atom. The van der Waals surface area contributed by atoms with Gasteiger partial charge in [-0.25, -0.2) is 13.9 Å². The van der Waals surface area contributed by atoms with Gasteiger partial charge < -0.3 is 35.1 Å². The van der Waals surface area contributed by atoms with Gasteiger partial charge in [0.15, 0.2) is 17.6 Å². The van der Waals surface area contributed by atoms with Gasteiger partial charge in [-0.1, -0.05) is 0 Å². The van der Waals surface area contributed by atoms with Crippen molar-refractivity contribution in [1.29, 1.82) is 0 Å². The van der Waals surface area contributed by atoms with E-state index in [-0.39, 0.29) is 18.6 Å². The predicted molar refractivity (Wildman–Crippen MR) is 139 cm³/mol. The van der Waals surface area contributed by atoms with Crippen LogP contribution in [0.15, 0.2) is 18.2 Å². The Morgan fingerprint density at radius 2 is 1.75 bits per heavy atom. The van der Waals surface area contributed by atoms with Crippen LogP contribution in [-0.4, -0.2) is 92.9 Å². The van der Waals surface area contributed by atoms with Gasteiger partial charge in [-0.05, 0) is 31.9 Å². The molecular formula is C25H32F6N4O8S. The zero-order valence-corrected chi connectivity index (χ0v) is 24.3. The molecule has 12 nitrogen and oxygen atoms in total. The fourth-order valence-electron chi connectivity index (χ4n) is 4.35. The minimum absolute atomic E-state index is 0.0118. The molecule has 4 rings (SSSR count). The van der Waals surface area contributed by atoms with Crippen LogP contribution in [0.5, 0.6) is 5.75 Å². The molecule has 1 aromatic carbocycles. The molecule has 0 bridgehead atoms. The number of aliphatic carboxylic acids is 2. The standard InChI is InChI=1S/C21H31N4O4S.2C2HF3O2/c1-2-24-18-6-5-16(29-15-21(26)23-7-10-30(27)11-8-23)12-19(18)25(20(24)13-22)14-17-4-3-9-28-17;2*3-2(4,5)1(6)7/h5-6,12,17H,2-4,7-11,13-15,22H2,1H3;2*(H,6,7)/q+1;;/p-1/t17-;;/m0../s1. The molecule has 1 atom stereocenters. The average Bonchev–Trinajstić information content (AvgIpc) is 3.57. The maximum atomic E-state index is 12.4. The van der Waals surface area contributed by atoms with Gasteiger partial charge in [-0.3, -0.25) is 9.00 Å². The van der Waals surface area contributed by atoms with Gasteiger partial charge in [0.1, 0.15) is 18.3 Å². The van der Waals surface area contributed by atoms with Crippen molar-refractivity contribution in [1.82, 2.24) is 9.47 Å². The van der Waals surface area contributed by atoms with E-state index in [1.165, 1.54) is 0 Å². The number of amides is 1. The van der Waals surface area contributed by atoms with Gasteiger partial charge in [-0.2, -0.15) is 26.3 Å². The topological polar surface area (TPSA) is 168 Å². The fourth-order valence-corrected chi connectivity index (χ4v) is 5.41. The molecule has 1 amide bonds. The number of nitrogens with two attached hydrogens (primary N) is 1. The average molecular weight is 663 g/mol. The second kappa shape index (κ2) is 16.0. The maximum absolute atomic E-state index is 12.4. The number of carbonyl (C=O) groups excluding carboxylic acids is 2. The summed E-state index contributed by atoms with van der Waals surface area (Å²) in [6.07, 6.45) is -7.93. The molecule has 0 spiro atoms. The molecule has 2 aliphatic heterocycles. The Hall–Kier alpha value is -3.45. The minimum atomic E-state index is -5.19. The fraction of sp³-hybridized carbons (Fsp3) is 0.600. The number of imidazole rings is 1. The van der Waals surface area contributed by atoms with E-state index in [1.807, 2.05) is 18.2 Å². The van der Waals surface area contributed by atoms with Crippen LogP contribution in [0.3, 0.4) is 0 Å². The summed E-state index contributed by atoms with van der Waals surface area (Å²) in [6, 6.07) is 5.94. The molecule has 44 heavy (non-hydrogen) atoms. The van der Waals surface area contributed by atoms with Crippen LogP contribution < -0.4 is 20.1 Å². The lowest BCUT2D eigenvalue weighted by Crippen LogP contribution is -2.43. The Kier molecular flexibility index (Phi) is 13.4. The second-order valence-electron chi connectivity index (χ2n) is 9.37. The van der Waals surface area contributed by atoms with Crippen LogP contribution in [0, 0.1) is 0 Å². The van der Waals surface area contributed by atoms with Crippen LogP contribution in [0.1, 0.15) is 25.6 Å². The summed E-state index contributed by atoms with van der Waals surface area (Å²) in [5.74, 6) is -3.00. The zero-order valence-electron chi connectivity index (χ0n) is 23.5. The number of hydrogen-bond donors (Lipinski definition) is 2. The molecule has 19 heteroatoms. The first kappa shape index (κ1) is 36.7. The smallest absolute Gasteiger partial charge is 0.490 e. The third kappa shape index (κ3) is 10.6. The molecule has 3 heterocycles. The number of carbonyl (C=O) groups is 3. The summed E-state index contributed by atoms with van der Waals surface area (Å²) in [5.41, 5.74) is 8.26. The first-order valence-electron chi connectivity index (χ1n) is 13.2. The molecule has 1 aromatic heterocycles. The summed E-state index contributed by atoms with van der Waals surface area (Å²) >= 11 is 0. The van der Waals surface area contributed by atoms with Crippen molar-refractivity contribution in [3.05, 3.63) is 24.0 Å². The van der Waals surface area contributed by atoms with Gasteiger partial charge >= 0.3 is 18.3 Å². The summed E-state index contributed by atoms with van der Waals surface area (Å²) in [7, 11) is -0.800. The van der Waals surface area contributed by atoms with Gasteiger partial charge in [0.2, 0.25) is 0 Å². The molecule has 3 N–H and O–H groups in total. The molecule has 0 aliphatic carbocycles. The molecule has 2 aliphatic rings. The first-order chi connectivity index (χ1) is 20.5. The lowest BCUT2D eigenvalue weighted by Gasteiger charge is -2.26. The van der Waals surface area contributed by atoms with Crippen LogP contribution in [0.25, 0.3) is 11.0 Å². The Balaban J connectivity index is 0.000000402. The summed E-state index contributed by atoms with van der Waals surface area (Å²) in [4.78, 5) is 31.9. The van der Waals surface area contributed by atoms with Crippen LogP contribution in [0.2, 0.25) is 0 Å². The molecule has 248 valence electrons. The summed E-state index contributed by atoms with van der Waals surface area (Å²) < 4.78 is 90.9. The predicted octanol–water partition coefficient (Wildman–Crippen LogP) is 0.488. The number of benzene rings is 1. The minimum Gasteiger partial charge on any atom is -0.542 e. The largest absolute Gasteiger partial charge is 0.542 e. The third-order valence-corrected chi connectivity index (χ3v) is 7.70. The van der Waals surface area contributed by atoms with E-state index in [1.54, 1.807) is 4.90 Å². The molecule has 2 saturated heterocycles. The van der Waals surface area contributed by atoms with Crippen molar-refractivity contribution in [2.45, 2.75) is 57.9 Å². The van der Waals surface area contributed by atoms with E-state index in [9.17, 15) is 35.3 Å². The Labute approximate surface area is 249 Å². The van der Waals surface area contributed by atoms with Gasteiger partial charge in [-0.15, -0.1) is 0 Å². The van der Waals surface area contributed by atoms with Crippen LogP contribution >= 0.6 is 0 Å². The third-order valence-electron chi connectivity index (χ3n) is 6.43. The normalized spacial score (nSPS) is 17.4. The van der Waals surface area contributed by atoms with Crippen molar-refractivity contribution in [3.8, 4) is 5.75 Å². The van der Waals surface area contributed by atoms with Crippen molar-refractivity contribution < 1.29 is 69.2 Å². The second-order valence-corrected chi connectivity index (χ2v) is 11.1. The molecule has 0 unspecified atom stereocenters. The van der Waals surface area contributed by atoms with Gasteiger partial charge in [0, 0.05) is 48.1 Å². The number of alkyl halides is 6. The maximum Gasteiger partial charge on any atom is 0.490 e. The highest BCUT2D eigenvalue weighted by molar-refractivity contribution is 7.85. The summed E-state index contributed by atoms with van der Waals surface area (Å²) in [5, 5.41) is 15.9. The number of hydrogen-bond acceptors (Lipinski definition) is 8. The molecular weight excluding hydrogens is 630 g/mol. The first-order valence-corrected chi connectivity index (χ1v) is 14.7. The Bertz CT molecular complexity index is 1290. The number of carboxylic acid groups (broad SMARTS) is 2.